The van der Waals surface area contributed by atoms with Crippen LogP contribution in [0.1, 0.15) is 17.0 Å². The maximum absolute atomic E-state index is 6.04. The highest BCUT2D eigenvalue weighted by Gasteiger charge is 2.11. The highest BCUT2D eigenvalue weighted by molar-refractivity contribution is 9.10. The normalized spacial score (nSPS) is 11.2. The van der Waals surface area contributed by atoms with Gasteiger partial charge in [-0.2, -0.15) is 0 Å². The van der Waals surface area contributed by atoms with Gasteiger partial charge in [0.2, 0.25) is 0 Å². The molecule has 0 aliphatic heterocycles. The lowest BCUT2D eigenvalue weighted by Crippen LogP contribution is -2.05. The van der Waals surface area contributed by atoms with Crippen LogP contribution in [0.15, 0.2) is 41.1 Å². The van der Waals surface area contributed by atoms with Crippen molar-refractivity contribution in [2.45, 2.75) is 19.3 Å². The van der Waals surface area contributed by atoms with Crippen LogP contribution in [-0.4, -0.2) is 14.5 Å². The number of hydrogen-bond donors (Lipinski definition) is 0. The van der Waals surface area contributed by atoms with Gasteiger partial charge in [-0.25, -0.2) is 4.98 Å². The molecule has 0 bridgehead atoms. The zero-order valence-electron chi connectivity index (χ0n) is 11.0. The van der Waals surface area contributed by atoms with Gasteiger partial charge in [0.25, 0.3) is 0 Å². The Morgan fingerprint density at radius 2 is 2.15 bits per heavy atom. The molecule has 0 aliphatic rings. The molecule has 0 saturated carbocycles. The number of rotatable bonds is 3. The van der Waals surface area contributed by atoms with Gasteiger partial charge in [0.05, 0.1) is 23.5 Å². The zero-order valence-corrected chi connectivity index (χ0v) is 13.3. The standard InChI is InChI=1S/C15H13BrClN3/c1-10-4-5-18-8-11(10)9-20-14-6-12(16)2-3-13(14)19-15(20)7-17/h2-6,8H,7,9H2,1H3. The molecule has 0 amide bonds. The summed E-state index contributed by atoms with van der Waals surface area (Å²) in [6, 6.07) is 8.09. The van der Waals surface area contributed by atoms with E-state index in [-0.39, 0.29) is 0 Å². The smallest absolute Gasteiger partial charge is 0.125 e. The number of imidazole rings is 1. The Balaban J connectivity index is 2.14. The molecule has 3 nitrogen and oxygen atoms in total. The number of hydrogen-bond acceptors (Lipinski definition) is 2. The molecule has 20 heavy (non-hydrogen) atoms. The van der Waals surface area contributed by atoms with Crippen molar-refractivity contribution in [3.8, 4) is 0 Å². The van der Waals surface area contributed by atoms with E-state index in [2.05, 4.69) is 43.5 Å². The third-order valence-electron chi connectivity index (χ3n) is 3.38. The molecule has 3 rings (SSSR count). The van der Waals surface area contributed by atoms with Crippen molar-refractivity contribution in [2.75, 3.05) is 0 Å². The number of pyridine rings is 1. The first-order chi connectivity index (χ1) is 9.69. The van der Waals surface area contributed by atoms with E-state index in [4.69, 9.17) is 11.6 Å². The lowest BCUT2D eigenvalue weighted by atomic mass is 10.1. The molecule has 2 heterocycles. The van der Waals surface area contributed by atoms with Gasteiger partial charge in [0.15, 0.2) is 0 Å². The van der Waals surface area contributed by atoms with E-state index in [0.29, 0.717) is 5.88 Å². The topological polar surface area (TPSA) is 30.7 Å². The maximum atomic E-state index is 6.04. The monoisotopic (exact) mass is 349 g/mol. The lowest BCUT2D eigenvalue weighted by molar-refractivity contribution is 0.770. The lowest BCUT2D eigenvalue weighted by Gasteiger charge is -2.10. The third kappa shape index (κ3) is 2.45. The molecule has 2 aromatic heterocycles. The minimum absolute atomic E-state index is 0.394. The first-order valence-corrected chi connectivity index (χ1v) is 7.62. The van der Waals surface area contributed by atoms with Crippen molar-refractivity contribution in [1.82, 2.24) is 14.5 Å². The predicted molar refractivity (Wildman–Crippen MR) is 85.1 cm³/mol. The summed E-state index contributed by atoms with van der Waals surface area (Å²) >= 11 is 9.55. The van der Waals surface area contributed by atoms with Crippen LogP contribution in [0.4, 0.5) is 0 Å². The molecule has 0 N–H and O–H groups in total. The van der Waals surface area contributed by atoms with Gasteiger partial charge in [-0.1, -0.05) is 15.9 Å². The van der Waals surface area contributed by atoms with Gasteiger partial charge < -0.3 is 4.57 Å². The van der Waals surface area contributed by atoms with Crippen LogP contribution in [0, 0.1) is 6.92 Å². The van der Waals surface area contributed by atoms with Gasteiger partial charge in [-0.05, 0) is 42.3 Å². The Hall–Kier alpha value is -1.39. The fourth-order valence-corrected chi connectivity index (χ4v) is 2.81. The van der Waals surface area contributed by atoms with Crippen molar-refractivity contribution in [2.24, 2.45) is 0 Å². The molecule has 5 heteroatoms. The Kier molecular flexibility index (Phi) is 3.76. The number of benzene rings is 1. The Bertz CT molecular complexity index is 767. The van der Waals surface area contributed by atoms with Crippen LogP contribution in [0.2, 0.25) is 0 Å². The van der Waals surface area contributed by atoms with Gasteiger partial charge in [-0.3, -0.25) is 4.98 Å². The zero-order chi connectivity index (χ0) is 14.1. The SMILES string of the molecule is Cc1ccncc1Cn1c(CCl)nc2ccc(Br)cc21. The van der Waals surface area contributed by atoms with Crippen LogP contribution in [0.5, 0.6) is 0 Å². The van der Waals surface area contributed by atoms with Crippen LogP contribution in [-0.2, 0) is 12.4 Å². The second-order valence-corrected chi connectivity index (χ2v) is 5.87. The van der Waals surface area contributed by atoms with Gasteiger partial charge in [0, 0.05) is 16.9 Å². The summed E-state index contributed by atoms with van der Waals surface area (Å²) in [6.45, 7) is 2.82. The van der Waals surface area contributed by atoms with E-state index in [1.165, 1.54) is 11.1 Å². The largest absolute Gasteiger partial charge is 0.322 e. The van der Waals surface area contributed by atoms with Crippen LogP contribution in [0.25, 0.3) is 11.0 Å². The number of fused-ring (bicyclic) bond motifs is 1. The molecule has 1 aromatic carbocycles. The summed E-state index contributed by atoms with van der Waals surface area (Å²) in [5.74, 6) is 1.27. The van der Waals surface area contributed by atoms with Gasteiger partial charge in [-0.15, -0.1) is 11.6 Å². The van der Waals surface area contributed by atoms with Crippen LogP contribution >= 0.6 is 27.5 Å². The average molecular weight is 351 g/mol. The Morgan fingerprint density at radius 3 is 2.90 bits per heavy atom. The van der Waals surface area contributed by atoms with Gasteiger partial charge >= 0.3 is 0 Å². The molecule has 0 aliphatic carbocycles. The van der Waals surface area contributed by atoms with Crippen LogP contribution < -0.4 is 0 Å². The minimum atomic E-state index is 0.394. The highest BCUT2D eigenvalue weighted by atomic mass is 79.9. The summed E-state index contributed by atoms with van der Waals surface area (Å²) in [7, 11) is 0. The molecule has 0 radical (unpaired) electrons. The highest BCUT2D eigenvalue weighted by Crippen LogP contribution is 2.23. The van der Waals surface area contributed by atoms with Crippen molar-refractivity contribution in [3.05, 3.63) is 58.1 Å². The third-order valence-corrected chi connectivity index (χ3v) is 4.12. The fourth-order valence-electron chi connectivity index (χ4n) is 2.26. The first kappa shape index (κ1) is 13.6. The molecule has 0 spiro atoms. The molecular weight excluding hydrogens is 338 g/mol. The van der Waals surface area contributed by atoms with Gasteiger partial charge in [0.1, 0.15) is 5.82 Å². The van der Waals surface area contributed by atoms with E-state index < -0.39 is 0 Å². The molecule has 0 saturated heterocycles. The van der Waals surface area contributed by atoms with E-state index >= 15 is 0 Å². The Labute approximate surface area is 130 Å². The molecule has 0 fully saturated rings. The predicted octanol–water partition coefficient (Wildman–Crippen LogP) is 4.29. The Morgan fingerprint density at radius 1 is 1.30 bits per heavy atom. The van der Waals surface area contributed by atoms with Crippen molar-refractivity contribution in [3.63, 3.8) is 0 Å². The van der Waals surface area contributed by atoms with Crippen molar-refractivity contribution >= 4 is 38.6 Å². The molecular formula is C15H13BrClN3. The number of aryl methyl sites for hydroxylation is 1. The molecule has 0 unspecified atom stereocenters. The second kappa shape index (κ2) is 5.54. The summed E-state index contributed by atoms with van der Waals surface area (Å²) < 4.78 is 3.19. The number of alkyl halides is 1. The van der Waals surface area contributed by atoms with E-state index in [1.807, 2.05) is 30.6 Å². The maximum Gasteiger partial charge on any atom is 0.125 e. The number of nitrogens with zero attached hydrogens (tertiary/aromatic N) is 3. The van der Waals surface area contributed by atoms with Crippen molar-refractivity contribution in [1.29, 1.82) is 0 Å². The van der Waals surface area contributed by atoms with E-state index in [1.54, 1.807) is 0 Å². The average Bonchev–Trinajstić information content (AvgIpc) is 2.79. The summed E-state index contributed by atoms with van der Waals surface area (Å²) in [6.07, 6.45) is 3.71. The molecule has 0 atom stereocenters. The fraction of sp³-hybridized carbons (Fsp3) is 0.200. The van der Waals surface area contributed by atoms with Crippen molar-refractivity contribution < 1.29 is 0 Å². The summed E-state index contributed by atoms with van der Waals surface area (Å²) in [5.41, 5.74) is 4.44. The molecule has 102 valence electrons. The van der Waals surface area contributed by atoms with Crippen LogP contribution in [0.3, 0.4) is 0 Å². The number of halogens is 2. The van der Waals surface area contributed by atoms with E-state index in [0.717, 1.165) is 27.9 Å². The minimum Gasteiger partial charge on any atom is -0.322 e. The molecule has 3 aromatic rings. The second-order valence-electron chi connectivity index (χ2n) is 4.68. The van der Waals surface area contributed by atoms with E-state index in [9.17, 15) is 0 Å². The first-order valence-electron chi connectivity index (χ1n) is 6.29. The number of aromatic nitrogens is 3. The summed E-state index contributed by atoms with van der Waals surface area (Å²) in [5, 5.41) is 0. The quantitative estimate of drug-likeness (QED) is 0.660. The summed E-state index contributed by atoms with van der Waals surface area (Å²) in [4.78, 5) is 8.79.